The molecule has 32 heavy (non-hydrogen) atoms. The van der Waals surface area contributed by atoms with Gasteiger partial charge < -0.3 is 4.98 Å². The number of anilines is 1. The highest BCUT2D eigenvalue weighted by molar-refractivity contribution is 6.22. The maximum atomic E-state index is 13.6. The Bertz CT molecular complexity index is 1340. The van der Waals surface area contributed by atoms with Crippen molar-refractivity contribution >= 4 is 28.4 Å². The van der Waals surface area contributed by atoms with Crippen LogP contribution in [0.4, 0.5) is 5.69 Å². The average Bonchev–Trinajstić information content (AvgIpc) is 3.48. The van der Waals surface area contributed by atoms with Crippen molar-refractivity contribution < 1.29 is 9.59 Å². The summed E-state index contributed by atoms with van der Waals surface area (Å²) < 4.78 is 0. The number of benzene rings is 3. The number of fused-ring (bicyclic) bond motifs is 2. The van der Waals surface area contributed by atoms with E-state index in [9.17, 15) is 9.59 Å². The van der Waals surface area contributed by atoms with Gasteiger partial charge in [-0.15, -0.1) is 0 Å². The molecule has 1 N–H and O–H groups in total. The lowest BCUT2D eigenvalue weighted by Crippen LogP contribution is -2.36. The fourth-order valence-electron chi connectivity index (χ4n) is 5.49. The molecule has 6 rings (SSSR count). The predicted molar refractivity (Wildman–Crippen MR) is 125 cm³/mol. The van der Waals surface area contributed by atoms with Crippen molar-refractivity contribution in [2.45, 2.75) is 6.04 Å². The maximum Gasteiger partial charge on any atom is 0.239 e. The summed E-state index contributed by atoms with van der Waals surface area (Å²) >= 11 is 0. The fourth-order valence-corrected chi connectivity index (χ4v) is 5.49. The van der Waals surface area contributed by atoms with Crippen molar-refractivity contribution in [3.63, 3.8) is 0 Å². The van der Waals surface area contributed by atoms with Gasteiger partial charge in [0.25, 0.3) is 0 Å². The molecule has 0 radical (unpaired) electrons. The minimum atomic E-state index is -0.386. The Morgan fingerprint density at radius 3 is 2.50 bits per heavy atom. The molecule has 0 saturated carbocycles. The first kappa shape index (κ1) is 19.0. The van der Waals surface area contributed by atoms with Gasteiger partial charge in [-0.05, 0) is 53.4 Å². The molecule has 3 heterocycles. The highest BCUT2D eigenvalue weighted by Crippen LogP contribution is 2.48. The summed E-state index contributed by atoms with van der Waals surface area (Å²) in [6.45, 7) is 0.577. The number of aromatic amines is 1. The molecule has 4 aromatic rings. The lowest BCUT2D eigenvalue weighted by Gasteiger charge is -2.27. The second-order valence-electron chi connectivity index (χ2n) is 8.73. The second kappa shape index (κ2) is 7.18. The van der Waals surface area contributed by atoms with Gasteiger partial charge in [0.1, 0.15) is 0 Å². The maximum absolute atomic E-state index is 13.6. The van der Waals surface area contributed by atoms with Crippen LogP contribution in [0.15, 0.2) is 85.1 Å². The van der Waals surface area contributed by atoms with Crippen molar-refractivity contribution in [2.24, 2.45) is 11.8 Å². The molecule has 0 aliphatic carbocycles. The van der Waals surface area contributed by atoms with E-state index < -0.39 is 0 Å². The summed E-state index contributed by atoms with van der Waals surface area (Å²) in [5.41, 5.74) is 5.02. The minimum Gasteiger partial charge on any atom is -0.361 e. The van der Waals surface area contributed by atoms with Gasteiger partial charge >= 0.3 is 0 Å². The van der Waals surface area contributed by atoms with Crippen molar-refractivity contribution in [1.82, 2.24) is 9.88 Å². The second-order valence-corrected chi connectivity index (χ2v) is 8.73. The largest absolute Gasteiger partial charge is 0.361 e. The van der Waals surface area contributed by atoms with Crippen LogP contribution in [-0.2, 0) is 9.59 Å². The van der Waals surface area contributed by atoms with Crippen molar-refractivity contribution in [1.29, 1.82) is 0 Å². The minimum absolute atomic E-state index is 0.0918. The summed E-state index contributed by atoms with van der Waals surface area (Å²) in [5.74, 6) is -0.902. The first-order chi connectivity index (χ1) is 15.6. The monoisotopic (exact) mass is 421 g/mol. The van der Waals surface area contributed by atoms with E-state index in [2.05, 4.69) is 46.3 Å². The molecule has 0 unspecified atom stereocenters. The molecule has 2 amide bonds. The zero-order valence-electron chi connectivity index (χ0n) is 17.7. The highest BCUT2D eigenvalue weighted by Gasteiger charge is 2.57. The number of carbonyl (C=O) groups is 2. The molecule has 1 aromatic heterocycles. The number of rotatable bonds is 3. The molecule has 0 spiro atoms. The van der Waals surface area contributed by atoms with Crippen LogP contribution in [0.2, 0.25) is 0 Å². The van der Waals surface area contributed by atoms with Crippen LogP contribution < -0.4 is 4.90 Å². The molecular formula is C27H23N3O2. The van der Waals surface area contributed by atoms with Gasteiger partial charge in [0.15, 0.2) is 0 Å². The number of likely N-dealkylation sites (tertiary alicyclic amines) is 1. The van der Waals surface area contributed by atoms with Gasteiger partial charge in [0, 0.05) is 24.3 Å². The standard InChI is InChI=1S/C27H23N3O2/c1-29-16-22-24(27(32)30(26(22)31)19-7-3-2-4-8-19)25(29)21-10-6-5-9-20(21)18-12-11-17-13-14-28-23(17)15-18/h2-15,22,24-25,28H,16H2,1H3/t22-,24-,25+/m0/s1. The number of para-hydroxylation sites is 1. The number of hydrogen-bond donors (Lipinski definition) is 1. The van der Waals surface area contributed by atoms with Crippen molar-refractivity contribution in [2.75, 3.05) is 18.5 Å². The van der Waals surface area contributed by atoms with E-state index in [0.29, 0.717) is 12.2 Å². The number of nitrogens with one attached hydrogen (secondary N) is 1. The van der Waals surface area contributed by atoms with Gasteiger partial charge in [0.05, 0.1) is 17.5 Å². The summed E-state index contributed by atoms with van der Waals surface area (Å²) in [6.07, 6.45) is 1.94. The first-order valence-corrected chi connectivity index (χ1v) is 10.9. The lowest BCUT2D eigenvalue weighted by molar-refractivity contribution is -0.123. The van der Waals surface area contributed by atoms with Crippen LogP contribution in [-0.4, -0.2) is 35.3 Å². The highest BCUT2D eigenvalue weighted by atomic mass is 16.2. The van der Waals surface area contributed by atoms with Crippen LogP contribution in [0.1, 0.15) is 11.6 Å². The molecule has 2 aliphatic rings. The van der Waals surface area contributed by atoms with Crippen LogP contribution in [0.3, 0.4) is 0 Å². The van der Waals surface area contributed by atoms with Gasteiger partial charge in [0.2, 0.25) is 11.8 Å². The third-order valence-corrected chi connectivity index (χ3v) is 6.94. The number of aromatic nitrogens is 1. The Morgan fingerprint density at radius 1 is 0.875 bits per heavy atom. The third kappa shape index (κ3) is 2.75. The van der Waals surface area contributed by atoms with Gasteiger partial charge in [-0.3, -0.25) is 14.5 Å². The van der Waals surface area contributed by atoms with Crippen LogP contribution in [0, 0.1) is 11.8 Å². The molecule has 2 saturated heterocycles. The summed E-state index contributed by atoms with van der Waals surface area (Å²) in [4.78, 5) is 33.7. The Kier molecular flexibility index (Phi) is 4.26. The molecule has 0 bridgehead atoms. The molecule has 3 atom stereocenters. The van der Waals surface area contributed by atoms with E-state index in [4.69, 9.17) is 0 Å². The molecule has 3 aromatic carbocycles. The molecule has 2 aliphatic heterocycles. The molecular weight excluding hydrogens is 398 g/mol. The van der Waals surface area contributed by atoms with Gasteiger partial charge in [-0.25, -0.2) is 4.90 Å². The first-order valence-electron chi connectivity index (χ1n) is 10.9. The van der Waals surface area contributed by atoms with Crippen molar-refractivity contribution in [3.05, 3.63) is 90.6 Å². The zero-order chi connectivity index (χ0) is 21.8. The summed E-state index contributed by atoms with van der Waals surface area (Å²) in [7, 11) is 2.02. The summed E-state index contributed by atoms with van der Waals surface area (Å²) in [5, 5.41) is 1.17. The topological polar surface area (TPSA) is 56.4 Å². The Hall–Kier alpha value is -3.70. The third-order valence-electron chi connectivity index (χ3n) is 6.94. The zero-order valence-corrected chi connectivity index (χ0v) is 17.7. The summed E-state index contributed by atoms with van der Waals surface area (Å²) in [6, 6.07) is 25.8. The van der Waals surface area contributed by atoms with Crippen molar-refractivity contribution in [3.8, 4) is 11.1 Å². The van der Waals surface area contributed by atoms with Gasteiger partial charge in [-0.2, -0.15) is 0 Å². The number of hydrogen-bond acceptors (Lipinski definition) is 3. The smallest absolute Gasteiger partial charge is 0.239 e. The normalized spacial score (nSPS) is 23.3. The predicted octanol–water partition coefficient (Wildman–Crippen LogP) is 4.63. The lowest BCUT2D eigenvalue weighted by atomic mass is 9.85. The molecule has 2 fully saturated rings. The Morgan fingerprint density at radius 2 is 1.66 bits per heavy atom. The van der Waals surface area contributed by atoms with E-state index in [0.717, 1.165) is 22.2 Å². The van der Waals surface area contributed by atoms with E-state index >= 15 is 0 Å². The SMILES string of the molecule is CN1C[C@@H]2C(=O)N(c3ccccc3)C(=O)[C@@H]2[C@H]1c1ccccc1-c1ccc2cc[nH]c2c1. The number of H-pyrrole nitrogens is 1. The van der Waals surface area contributed by atoms with Crippen LogP contribution in [0.25, 0.3) is 22.0 Å². The van der Waals surface area contributed by atoms with E-state index in [1.54, 1.807) is 0 Å². The average molecular weight is 422 g/mol. The number of nitrogens with zero attached hydrogens (tertiary/aromatic N) is 2. The number of carbonyl (C=O) groups excluding carboxylic acids is 2. The van der Waals surface area contributed by atoms with Crippen LogP contribution in [0.5, 0.6) is 0 Å². The fraction of sp³-hybridized carbons (Fsp3) is 0.185. The van der Waals surface area contributed by atoms with Gasteiger partial charge in [-0.1, -0.05) is 54.6 Å². The Labute approximate surface area is 186 Å². The van der Waals surface area contributed by atoms with E-state index in [1.807, 2.05) is 55.7 Å². The number of amides is 2. The Balaban J connectivity index is 1.44. The van der Waals surface area contributed by atoms with Crippen LogP contribution >= 0.6 is 0 Å². The molecule has 5 nitrogen and oxygen atoms in total. The number of imide groups is 1. The van der Waals surface area contributed by atoms with E-state index in [1.165, 1.54) is 10.3 Å². The molecule has 158 valence electrons. The molecule has 5 heteroatoms. The van der Waals surface area contributed by atoms with E-state index in [-0.39, 0.29) is 29.7 Å². The quantitative estimate of drug-likeness (QED) is 0.491.